The van der Waals surface area contributed by atoms with Crippen LogP contribution >= 0.6 is 0 Å². The van der Waals surface area contributed by atoms with E-state index in [4.69, 9.17) is 15.6 Å². The van der Waals surface area contributed by atoms with Crippen LogP contribution in [0.1, 0.15) is 12.0 Å². The van der Waals surface area contributed by atoms with Crippen molar-refractivity contribution in [3.63, 3.8) is 0 Å². The fourth-order valence-electron chi connectivity index (χ4n) is 1.05. The molecule has 3 N–H and O–H groups in total. The average molecular weight is 209 g/mol. The number of hydrogen-bond donors (Lipinski definition) is 2. The van der Waals surface area contributed by atoms with Gasteiger partial charge in [-0.1, -0.05) is 11.8 Å². The van der Waals surface area contributed by atoms with E-state index in [0.717, 1.165) is 0 Å². The van der Waals surface area contributed by atoms with Crippen LogP contribution in [0.4, 0.5) is 10.1 Å². The van der Waals surface area contributed by atoms with Crippen molar-refractivity contribution < 1.29 is 14.2 Å². The normalized spacial score (nSPS) is 9.27. The van der Waals surface area contributed by atoms with Gasteiger partial charge in [-0.3, -0.25) is 0 Å². The van der Waals surface area contributed by atoms with E-state index >= 15 is 0 Å². The van der Waals surface area contributed by atoms with Crippen LogP contribution in [0.25, 0.3) is 0 Å². The smallest absolute Gasteiger partial charge is 0.143 e. The largest absolute Gasteiger partial charge is 0.495 e. The molecule has 0 spiro atoms. The first-order valence-electron chi connectivity index (χ1n) is 4.41. The Morgan fingerprint density at radius 3 is 2.87 bits per heavy atom. The number of halogens is 1. The van der Waals surface area contributed by atoms with Crippen molar-refractivity contribution in [2.75, 3.05) is 19.5 Å². The molecule has 0 aliphatic carbocycles. The number of nitrogen functional groups attached to an aromatic ring is 1. The number of aliphatic hydroxyl groups is 1. The highest BCUT2D eigenvalue weighted by atomic mass is 19.1. The Balaban J connectivity index is 3.04. The van der Waals surface area contributed by atoms with Crippen LogP contribution < -0.4 is 10.5 Å². The lowest BCUT2D eigenvalue weighted by Gasteiger charge is -2.05. The first-order valence-corrected chi connectivity index (χ1v) is 4.41. The molecule has 0 bridgehead atoms. The molecule has 0 radical (unpaired) electrons. The van der Waals surface area contributed by atoms with Gasteiger partial charge in [0.15, 0.2) is 0 Å². The third-order valence-corrected chi connectivity index (χ3v) is 1.78. The summed E-state index contributed by atoms with van der Waals surface area (Å²) in [6, 6.07) is 2.61. The first kappa shape index (κ1) is 11.3. The molecule has 3 nitrogen and oxygen atoms in total. The van der Waals surface area contributed by atoms with Gasteiger partial charge in [0.1, 0.15) is 11.6 Å². The molecule has 1 aromatic carbocycles. The van der Waals surface area contributed by atoms with Crippen LogP contribution in [0.15, 0.2) is 12.1 Å². The molecule has 0 amide bonds. The summed E-state index contributed by atoms with van der Waals surface area (Å²) in [4.78, 5) is 0. The SMILES string of the molecule is COc1cc(C#CCCO)c(F)cc1N. The zero-order valence-electron chi connectivity index (χ0n) is 8.38. The predicted octanol–water partition coefficient (Wildman–Crippen LogP) is 1.15. The van der Waals surface area contributed by atoms with Gasteiger partial charge in [0, 0.05) is 18.6 Å². The molecule has 0 fully saturated rings. The number of hydrogen-bond acceptors (Lipinski definition) is 3. The minimum Gasteiger partial charge on any atom is -0.495 e. The molecule has 1 rings (SSSR count). The second-order valence-electron chi connectivity index (χ2n) is 2.85. The van der Waals surface area contributed by atoms with Crippen LogP contribution in [0.5, 0.6) is 5.75 Å². The Kier molecular flexibility index (Phi) is 3.95. The maximum absolute atomic E-state index is 13.3. The van der Waals surface area contributed by atoms with Crippen LogP contribution in [-0.4, -0.2) is 18.8 Å². The van der Waals surface area contributed by atoms with Gasteiger partial charge in [-0.05, 0) is 0 Å². The molecular formula is C11H12FNO2. The molecule has 0 aromatic heterocycles. The van der Waals surface area contributed by atoms with Crippen molar-refractivity contribution >= 4 is 5.69 Å². The van der Waals surface area contributed by atoms with Crippen LogP contribution in [0.3, 0.4) is 0 Å². The Morgan fingerprint density at radius 2 is 2.27 bits per heavy atom. The van der Waals surface area contributed by atoms with Crippen LogP contribution in [-0.2, 0) is 0 Å². The zero-order valence-corrected chi connectivity index (χ0v) is 8.38. The lowest BCUT2D eigenvalue weighted by molar-refractivity contribution is 0.305. The van der Waals surface area contributed by atoms with Gasteiger partial charge in [-0.25, -0.2) is 4.39 Å². The Bertz CT molecular complexity index is 407. The highest BCUT2D eigenvalue weighted by molar-refractivity contribution is 5.57. The molecule has 4 heteroatoms. The fourth-order valence-corrected chi connectivity index (χ4v) is 1.05. The third-order valence-electron chi connectivity index (χ3n) is 1.78. The fraction of sp³-hybridized carbons (Fsp3) is 0.273. The van der Waals surface area contributed by atoms with E-state index < -0.39 is 5.82 Å². The number of benzene rings is 1. The van der Waals surface area contributed by atoms with Crippen LogP contribution in [0, 0.1) is 17.7 Å². The second-order valence-corrected chi connectivity index (χ2v) is 2.85. The number of methoxy groups -OCH3 is 1. The summed E-state index contributed by atoms with van der Waals surface area (Å²) in [7, 11) is 1.45. The predicted molar refractivity (Wildman–Crippen MR) is 55.9 cm³/mol. The van der Waals surface area contributed by atoms with E-state index in [1.807, 2.05) is 0 Å². The third kappa shape index (κ3) is 2.86. The standard InChI is InChI=1S/C11H12FNO2/c1-15-11-6-8(4-2-3-5-14)9(12)7-10(11)13/h6-7,14H,3,5,13H2,1H3. The Hall–Kier alpha value is -1.73. The minimum atomic E-state index is -0.487. The van der Waals surface area contributed by atoms with Gasteiger partial charge in [-0.15, -0.1) is 0 Å². The number of anilines is 1. The van der Waals surface area contributed by atoms with Gasteiger partial charge in [0.05, 0.1) is 25.0 Å². The van der Waals surface area contributed by atoms with Crippen molar-refractivity contribution in [1.29, 1.82) is 0 Å². The van der Waals surface area contributed by atoms with E-state index in [2.05, 4.69) is 11.8 Å². The average Bonchev–Trinajstić information content (AvgIpc) is 2.21. The lowest BCUT2D eigenvalue weighted by atomic mass is 10.1. The van der Waals surface area contributed by atoms with Crippen molar-refractivity contribution in [2.45, 2.75) is 6.42 Å². The Labute approximate surface area is 87.7 Å². The molecule has 0 saturated carbocycles. The molecule has 0 heterocycles. The summed E-state index contributed by atoms with van der Waals surface area (Å²) < 4.78 is 18.2. The monoisotopic (exact) mass is 209 g/mol. The molecule has 0 aliphatic rings. The van der Waals surface area contributed by atoms with E-state index in [0.29, 0.717) is 12.2 Å². The molecule has 0 saturated heterocycles. The first-order chi connectivity index (χ1) is 7.19. The van der Waals surface area contributed by atoms with Gasteiger partial charge in [0.2, 0.25) is 0 Å². The van der Waals surface area contributed by atoms with Gasteiger partial charge in [0.25, 0.3) is 0 Å². The van der Waals surface area contributed by atoms with E-state index in [1.54, 1.807) is 0 Å². The lowest BCUT2D eigenvalue weighted by Crippen LogP contribution is -1.95. The maximum atomic E-state index is 13.3. The number of rotatable bonds is 2. The van der Waals surface area contributed by atoms with Crippen molar-refractivity contribution in [2.24, 2.45) is 0 Å². The van der Waals surface area contributed by atoms with Crippen molar-refractivity contribution in [1.82, 2.24) is 0 Å². The summed E-state index contributed by atoms with van der Waals surface area (Å²) in [5.74, 6) is 5.13. The number of nitrogens with two attached hydrogens (primary N) is 1. The van der Waals surface area contributed by atoms with Gasteiger partial charge >= 0.3 is 0 Å². The summed E-state index contributed by atoms with van der Waals surface area (Å²) in [6.45, 7) is -0.0409. The minimum absolute atomic E-state index is 0.0409. The van der Waals surface area contributed by atoms with Crippen LogP contribution in [0.2, 0.25) is 0 Å². The molecule has 80 valence electrons. The van der Waals surface area contributed by atoms with E-state index in [9.17, 15) is 4.39 Å². The summed E-state index contributed by atoms with van der Waals surface area (Å²) in [6.07, 6.45) is 0.312. The molecule has 15 heavy (non-hydrogen) atoms. The topological polar surface area (TPSA) is 55.5 Å². The Morgan fingerprint density at radius 1 is 1.53 bits per heavy atom. The molecule has 1 aromatic rings. The second kappa shape index (κ2) is 5.23. The molecular weight excluding hydrogens is 197 g/mol. The highest BCUT2D eigenvalue weighted by Crippen LogP contribution is 2.24. The molecule has 0 aliphatic heterocycles. The molecule has 0 atom stereocenters. The van der Waals surface area contributed by atoms with E-state index in [1.165, 1.54) is 19.2 Å². The zero-order chi connectivity index (χ0) is 11.3. The number of ether oxygens (including phenoxy) is 1. The van der Waals surface area contributed by atoms with Gasteiger partial charge < -0.3 is 15.6 Å². The maximum Gasteiger partial charge on any atom is 0.143 e. The number of aliphatic hydroxyl groups excluding tert-OH is 1. The molecule has 0 unspecified atom stereocenters. The summed E-state index contributed by atoms with van der Waals surface area (Å²) in [5, 5.41) is 8.52. The van der Waals surface area contributed by atoms with Gasteiger partial charge in [-0.2, -0.15) is 0 Å². The van der Waals surface area contributed by atoms with Crippen molar-refractivity contribution in [3.05, 3.63) is 23.5 Å². The van der Waals surface area contributed by atoms with Crippen molar-refractivity contribution in [3.8, 4) is 17.6 Å². The summed E-state index contributed by atoms with van der Waals surface area (Å²) in [5.41, 5.74) is 5.96. The summed E-state index contributed by atoms with van der Waals surface area (Å²) >= 11 is 0. The van der Waals surface area contributed by atoms with E-state index in [-0.39, 0.29) is 17.9 Å². The highest BCUT2D eigenvalue weighted by Gasteiger charge is 2.05. The quantitative estimate of drug-likeness (QED) is 0.567.